The average Bonchev–Trinajstić information content (AvgIpc) is 3.02. The zero-order valence-electron chi connectivity index (χ0n) is 11.8. The zero-order chi connectivity index (χ0) is 15.2. The van der Waals surface area contributed by atoms with Gasteiger partial charge in [-0.25, -0.2) is 4.79 Å². The van der Waals surface area contributed by atoms with Crippen molar-refractivity contribution in [3.63, 3.8) is 0 Å². The van der Waals surface area contributed by atoms with Gasteiger partial charge < -0.3 is 14.8 Å². The van der Waals surface area contributed by atoms with E-state index in [0.29, 0.717) is 26.1 Å². The van der Waals surface area contributed by atoms with Gasteiger partial charge in [0.2, 0.25) is 5.91 Å². The van der Waals surface area contributed by atoms with Gasteiger partial charge in [-0.05, 0) is 40.6 Å². The molecule has 1 aliphatic rings. The first-order valence-corrected chi connectivity index (χ1v) is 7.89. The first-order valence-electron chi connectivity index (χ1n) is 6.81. The number of carbonyl (C=O) groups excluding carboxylic acids is 2. The molecule has 2 atom stereocenters. The van der Waals surface area contributed by atoms with Crippen LogP contribution in [0.3, 0.4) is 0 Å². The van der Waals surface area contributed by atoms with Gasteiger partial charge in [-0.2, -0.15) is 0 Å². The van der Waals surface area contributed by atoms with Crippen LogP contribution in [0.15, 0.2) is 24.3 Å². The van der Waals surface area contributed by atoms with Crippen molar-refractivity contribution >= 4 is 34.5 Å². The number of benzene rings is 1. The first-order chi connectivity index (χ1) is 10.1. The molecule has 1 aromatic rings. The van der Waals surface area contributed by atoms with Gasteiger partial charge in [0, 0.05) is 16.6 Å². The number of amides is 1. The lowest BCUT2D eigenvalue weighted by atomic mass is 10.0. The molecule has 1 aliphatic heterocycles. The topological polar surface area (TPSA) is 64.6 Å². The van der Waals surface area contributed by atoms with E-state index in [9.17, 15) is 9.59 Å². The number of ether oxygens (including phenoxy) is 2. The number of hydrogen-bond acceptors (Lipinski definition) is 4. The van der Waals surface area contributed by atoms with Crippen LogP contribution in [0, 0.1) is 9.49 Å². The third-order valence-electron chi connectivity index (χ3n) is 3.48. The smallest absolute Gasteiger partial charge is 0.328 e. The molecular weight excluding hydrogens is 385 g/mol. The molecule has 1 fully saturated rings. The summed E-state index contributed by atoms with van der Waals surface area (Å²) in [6, 6.07) is 7.10. The molecule has 1 heterocycles. The summed E-state index contributed by atoms with van der Waals surface area (Å²) in [7, 11) is 1.33. The molecule has 0 aliphatic carbocycles. The van der Waals surface area contributed by atoms with Gasteiger partial charge in [-0.1, -0.05) is 18.2 Å². The minimum atomic E-state index is -0.668. The second-order valence-electron chi connectivity index (χ2n) is 4.94. The number of esters is 1. The minimum absolute atomic E-state index is 0.145. The first kappa shape index (κ1) is 16.2. The number of rotatable bonds is 5. The van der Waals surface area contributed by atoms with Gasteiger partial charge in [0.25, 0.3) is 0 Å². The van der Waals surface area contributed by atoms with Crippen molar-refractivity contribution in [2.45, 2.75) is 18.9 Å². The van der Waals surface area contributed by atoms with Crippen LogP contribution in [0.2, 0.25) is 0 Å². The Morgan fingerprint density at radius 1 is 1.48 bits per heavy atom. The second-order valence-corrected chi connectivity index (χ2v) is 6.10. The summed E-state index contributed by atoms with van der Waals surface area (Å²) in [5.74, 6) is -0.747. The van der Waals surface area contributed by atoms with E-state index in [1.54, 1.807) is 0 Å². The number of carbonyl (C=O) groups is 2. The molecule has 0 aromatic heterocycles. The number of hydrogen-bond donors (Lipinski definition) is 1. The fourth-order valence-electron chi connectivity index (χ4n) is 2.25. The maximum absolute atomic E-state index is 12.2. The zero-order valence-corrected chi connectivity index (χ0v) is 14.0. The summed E-state index contributed by atoms with van der Waals surface area (Å²) in [6.45, 7) is 1.01. The summed E-state index contributed by atoms with van der Waals surface area (Å²) in [6.07, 6.45) is 1.12. The normalized spacial score (nSPS) is 19.0. The molecule has 1 aromatic carbocycles. The van der Waals surface area contributed by atoms with Crippen LogP contribution in [0.1, 0.15) is 12.0 Å². The Bertz CT molecular complexity index is 514. The van der Waals surface area contributed by atoms with Gasteiger partial charge in [-0.15, -0.1) is 0 Å². The summed E-state index contributed by atoms with van der Waals surface area (Å²) in [4.78, 5) is 24.1. The van der Waals surface area contributed by atoms with Crippen LogP contribution in [0.5, 0.6) is 0 Å². The Hall–Kier alpha value is -1.15. The van der Waals surface area contributed by atoms with Gasteiger partial charge in [-0.3, -0.25) is 4.79 Å². The highest BCUT2D eigenvalue weighted by Crippen LogP contribution is 2.16. The van der Waals surface area contributed by atoms with E-state index in [2.05, 4.69) is 27.9 Å². The standard InChI is InChI=1S/C15H18INO4/c1-20-15(19)13(8-10-4-2-3-5-12(10)16)17-14(18)11-6-7-21-9-11/h2-5,11,13H,6-9H2,1H3,(H,17,18)/t11-,13-/m1/s1. The Balaban J connectivity index is 2.06. The quantitative estimate of drug-likeness (QED) is 0.599. The van der Waals surface area contributed by atoms with Crippen molar-refractivity contribution in [2.75, 3.05) is 20.3 Å². The van der Waals surface area contributed by atoms with Crippen molar-refractivity contribution in [3.05, 3.63) is 33.4 Å². The maximum Gasteiger partial charge on any atom is 0.328 e. The molecule has 0 saturated carbocycles. The number of methoxy groups -OCH3 is 1. The van der Waals surface area contributed by atoms with E-state index in [-0.39, 0.29) is 11.8 Å². The molecule has 6 heteroatoms. The summed E-state index contributed by atoms with van der Waals surface area (Å²) in [5.41, 5.74) is 1.01. The third-order valence-corrected chi connectivity index (χ3v) is 4.54. The summed E-state index contributed by atoms with van der Waals surface area (Å²) >= 11 is 2.22. The molecule has 1 saturated heterocycles. The molecular formula is C15H18INO4. The Morgan fingerprint density at radius 2 is 2.24 bits per heavy atom. The molecule has 5 nitrogen and oxygen atoms in total. The van der Waals surface area contributed by atoms with Gasteiger partial charge in [0.15, 0.2) is 0 Å². The second kappa shape index (κ2) is 7.74. The van der Waals surface area contributed by atoms with Gasteiger partial charge in [0.1, 0.15) is 6.04 Å². The van der Waals surface area contributed by atoms with E-state index in [0.717, 1.165) is 9.13 Å². The summed E-state index contributed by atoms with van der Waals surface area (Å²) < 4.78 is 11.1. The van der Waals surface area contributed by atoms with Crippen LogP contribution in [-0.4, -0.2) is 38.2 Å². The molecule has 21 heavy (non-hydrogen) atoms. The average molecular weight is 403 g/mol. The van der Waals surface area contributed by atoms with Crippen molar-refractivity contribution < 1.29 is 19.1 Å². The van der Waals surface area contributed by atoms with E-state index in [1.807, 2.05) is 24.3 Å². The SMILES string of the molecule is COC(=O)[C@@H](Cc1ccccc1I)NC(=O)[C@@H]1CCOC1. The van der Waals surface area contributed by atoms with E-state index in [4.69, 9.17) is 9.47 Å². The lowest BCUT2D eigenvalue weighted by molar-refractivity contribution is -0.145. The predicted octanol–water partition coefficient (Wildman–Crippen LogP) is 1.53. The maximum atomic E-state index is 12.2. The lowest BCUT2D eigenvalue weighted by Gasteiger charge is -2.19. The summed E-state index contributed by atoms with van der Waals surface area (Å²) in [5, 5.41) is 2.79. The Labute approximate surface area is 137 Å². The van der Waals surface area contributed by atoms with Crippen molar-refractivity contribution in [3.8, 4) is 0 Å². The highest BCUT2D eigenvalue weighted by atomic mass is 127. The molecule has 0 unspecified atom stereocenters. The van der Waals surface area contributed by atoms with Crippen molar-refractivity contribution in [2.24, 2.45) is 5.92 Å². The largest absolute Gasteiger partial charge is 0.467 e. The molecule has 114 valence electrons. The monoisotopic (exact) mass is 403 g/mol. The van der Waals surface area contributed by atoms with Gasteiger partial charge in [0.05, 0.1) is 19.6 Å². The number of nitrogens with one attached hydrogen (secondary N) is 1. The fourth-order valence-corrected chi connectivity index (χ4v) is 2.86. The van der Waals surface area contributed by atoms with Gasteiger partial charge >= 0.3 is 5.97 Å². The minimum Gasteiger partial charge on any atom is -0.467 e. The van der Waals surface area contributed by atoms with E-state index >= 15 is 0 Å². The van der Waals surface area contributed by atoms with Crippen LogP contribution >= 0.6 is 22.6 Å². The van der Waals surface area contributed by atoms with Crippen LogP contribution < -0.4 is 5.32 Å². The Kier molecular flexibility index (Phi) is 5.98. The number of halogens is 1. The predicted molar refractivity (Wildman–Crippen MR) is 85.7 cm³/mol. The third kappa shape index (κ3) is 4.41. The Morgan fingerprint density at radius 3 is 2.86 bits per heavy atom. The molecule has 1 amide bonds. The van der Waals surface area contributed by atoms with Crippen LogP contribution in [0.4, 0.5) is 0 Å². The highest BCUT2D eigenvalue weighted by Gasteiger charge is 2.29. The van der Waals surface area contributed by atoms with Crippen molar-refractivity contribution in [1.29, 1.82) is 0 Å². The fraction of sp³-hybridized carbons (Fsp3) is 0.467. The molecule has 0 spiro atoms. The van der Waals surface area contributed by atoms with Crippen LogP contribution in [0.25, 0.3) is 0 Å². The molecule has 0 bridgehead atoms. The van der Waals surface area contributed by atoms with Crippen LogP contribution in [-0.2, 0) is 25.5 Å². The molecule has 2 rings (SSSR count). The van der Waals surface area contributed by atoms with Crippen molar-refractivity contribution in [1.82, 2.24) is 5.32 Å². The highest BCUT2D eigenvalue weighted by molar-refractivity contribution is 14.1. The lowest BCUT2D eigenvalue weighted by Crippen LogP contribution is -2.45. The molecule has 1 N–H and O–H groups in total. The van der Waals surface area contributed by atoms with E-state index in [1.165, 1.54) is 7.11 Å². The van der Waals surface area contributed by atoms with E-state index < -0.39 is 12.0 Å². The molecule has 0 radical (unpaired) electrons.